The fraction of sp³-hybridized carbons (Fsp3) is 0.312. The number of halogens is 2. The third-order valence-corrected chi connectivity index (χ3v) is 5.40. The van der Waals surface area contributed by atoms with Gasteiger partial charge in [0.05, 0.1) is 21.0 Å². The van der Waals surface area contributed by atoms with Crippen LogP contribution in [0.4, 0.5) is 0 Å². The molecule has 0 saturated carbocycles. The first-order chi connectivity index (χ1) is 11.9. The molecule has 0 unspecified atom stereocenters. The van der Waals surface area contributed by atoms with Crippen LogP contribution >= 0.6 is 51.5 Å². The number of hydrogen-bond acceptors (Lipinski definition) is 6. The SMILES string of the molecule is CCOC(=O)COc1c(Cl)cc(C=C2SC(=S)N(CC)C2=O)cc1Br. The van der Waals surface area contributed by atoms with Crippen LogP contribution in [-0.2, 0) is 14.3 Å². The number of esters is 1. The molecule has 0 radical (unpaired) electrons. The summed E-state index contributed by atoms with van der Waals surface area (Å²) in [6.07, 6.45) is 1.72. The second kappa shape index (κ2) is 9.02. The van der Waals surface area contributed by atoms with Crippen LogP contribution in [0.5, 0.6) is 5.75 Å². The molecule has 1 aliphatic rings. The minimum absolute atomic E-state index is 0.118. The van der Waals surface area contributed by atoms with Crippen molar-refractivity contribution in [2.75, 3.05) is 19.8 Å². The van der Waals surface area contributed by atoms with E-state index in [0.717, 1.165) is 5.56 Å². The van der Waals surface area contributed by atoms with Gasteiger partial charge in [-0.05, 0) is 53.5 Å². The average molecular weight is 465 g/mol. The van der Waals surface area contributed by atoms with E-state index in [1.807, 2.05) is 6.92 Å². The maximum Gasteiger partial charge on any atom is 0.344 e. The molecule has 1 aromatic rings. The smallest absolute Gasteiger partial charge is 0.344 e. The molecule has 2 rings (SSSR count). The molecule has 0 spiro atoms. The van der Waals surface area contributed by atoms with E-state index in [9.17, 15) is 9.59 Å². The van der Waals surface area contributed by atoms with Gasteiger partial charge in [-0.25, -0.2) is 4.79 Å². The molecule has 1 aromatic carbocycles. The highest BCUT2D eigenvalue weighted by Gasteiger charge is 2.30. The second-order valence-corrected chi connectivity index (χ2v) is 7.77. The standard InChI is InChI=1S/C16H15BrClNO4S2/c1-3-19-15(21)12(25-16(19)24)7-9-5-10(17)14(11(18)6-9)23-8-13(20)22-4-2/h5-7H,3-4,8H2,1-2H3. The van der Waals surface area contributed by atoms with E-state index in [1.165, 1.54) is 11.8 Å². The number of hydrogen-bond donors (Lipinski definition) is 0. The van der Waals surface area contributed by atoms with Crippen molar-refractivity contribution < 1.29 is 19.1 Å². The van der Waals surface area contributed by atoms with Gasteiger partial charge in [0.1, 0.15) is 4.32 Å². The lowest BCUT2D eigenvalue weighted by Crippen LogP contribution is -2.27. The van der Waals surface area contributed by atoms with E-state index in [1.54, 1.807) is 30.0 Å². The zero-order valence-electron chi connectivity index (χ0n) is 13.5. The molecule has 0 N–H and O–H groups in total. The number of carbonyl (C=O) groups excluding carboxylic acids is 2. The number of ether oxygens (including phenoxy) is 2. The Morgan fingerprint density at radius 2 is 2.16 bits per heavy atom. The van der Waals surface area contributed by atoms with Gasteiger partial charge in [0.2, 0.25) is 0 Å². The second-order valence-electron chi connectivity index (χ2n) is 4.83. The van der Waals surface area contributed by atoms with Gasteiger partial charge in [0, 0.05) is 6.54 Å². The Balaban J connectivity index is 2.20. The molecule has 0 aliphatic carbocycles. The fourth-order valence-corrected chi connectivity index (χ4v) is 4.43. The summed E-state index contributed by atoms with van der Waals surface area (Å²) in [5, 5.41) is 0.316. The first-order valence-corrected chi connectivity index (χ1v) is 9.79. The van der Waals surface area contributed by atoms with Crippen molar-refractivity contribution in [1.29, 1.82) is 0 Å². The van der Waals surface area contributed by atoms with Crippen molar-refractivity contribution >= 4 is 73.8 Å². The number of nitrogens with zero attached hydrogens (tertiary/aromatic N) is 1. The van der Waals surface area contributed by atoms with E-state index >= 15 is 0 Å². The maximum atomic E-state index is 12.3. The van der Waals surface area contributed by atoms with Gasteiger partial charge in [-0.2, -0.15) is 0 Å². The fourth-order valence-electron chi connectivity index (χ4n) is 2.06. The summed E-state index contributed by atoms with van der Waals surface area (Å²) in [5.74, 6) is -0.252. The number of rotatable bonds is 6. The Bertz CT molecular complexity index is 731. The lowest BCUT2D eigenvalue weighted by atomic mass is 10.2. The Labute approximate surface area is 168 Å². The van der Waals surface area contributed by atoms with Crippen molar-refractivity contribution in [2.45, 2.75) is 13.8 Å². The minimum Gasteiger partial charge on any atom is -0.479 e. The summed E-state index contributed by atoms with van der Waals surface area (Å²) in [6, 6.07) is 3.41. The van der Waals surface area contributed by atoms with E-state index in [0.29, 0.717) is 31.0 Å². The van der Waals surface area contributed by atoms with Gasteiger partial charge in [-0.3, -0.25) is 9.69 Å². The van der Waals surface area contributed by atoms with Crippen LogP contribution < -0.4 is 4.74 Å². The van der Waals surface area contributed by atoms with Crippen LogP contribution in [0.25, 0.3) is 6.08 Å². The van der Waals surface area contributed by atoms with E-state index in [2.05, 4.69) is 15.9 Å². The molecule has 0 bridgehead atoms. The van der Waals surface area contributed by atoms with Crippen LogP contribution in [0.1, 0.15) is 19.4 Å². The topological polar surface area (TPSA) is 55.8 Å². The predicted octanol–water partition coefficient (Wildman–Crippen LogP) is 4.27. The largest absolute Gasteiger partial charge is 0.479 e. The molecule has 0 atom stereocenters. The Morgan fingerprint density at radius 3 is 2.72 bits per heavy atom. The van der Waals surface area contributed by atoms with Crippen LogP contribution in [0.3, 0.4) is 0 Å². The summed E-state index contributed by atoms with van der Waals surface area (Å²) < 4.78 is 11.3. The van der Waals surface area contributed by atoms with Gasteiger partial charge in [-0.15, -0.1) is 0 Å². The Morgan fingerprint density at radius 1 is 1.44 bits per heavy atom. The molecule has 1 heterocycles. The van der Waals surface area contributed by atoms with Gasteiger partial charge >= 0.3 is 5.97 Å². The van der Waals surface area contributed by atoms with Crippen molar-refractivity contribution in [3.05, 3.63) is 32.1 Å². The number of benzene rings is 1. The van der Waals surface area contributed by atoms with E-state index < -0.39 is 5.97 Å². The predicted molar refractivity (Wildman–Crippen MR) is 107 cm³/mol. The monoisotopic (exact) mass is 463 g/mol. The summed E-state index contributed by atoms with van der Waals surface area (Å²) in [5.41, 5.74) is 0.719. The third kappa shape index (κ3) is 4.97. The van der Waals surface area contributed by atoms with E-state index in [4.69, 9.17) is 33.3 Å². The highest BCUT2D eigenvalue weighted by Crippen LogP contribution is 2.37. The molecule has 0 aromatic heterocycles. The van der Waals surface area contributed by atoms with Crippen LogP contribution in [0, 0.1) is 0 Å². The molecule has 1 aliphatic heterocycles. The van der Waals surface area contributed by atoms with E-state index in [-0.39, 0.29) is 19.1 Å². The summed E-state index contributed by atoms with van der Waals surface area (Å²) in [7, 11) is 0. The van der Waals surface area contributed by atoms with Crippen molar-refractivity contribution in [3.63, 3.8) is 0 Å². The molecule has 25 heavy (non-hydrogen) atoms. The first-order valence-electron chi connectivity index (χ1n) is 7.40. The molecule has 5 nitrogen and oxygen atoms in total. The Hall–Kier alpha value is -1.09. The number of amides is 1. The van der Waals surface area contributed by atoms with Crippen LogP contribution in [-0.4, -0.2) is 40.9 Å². The number of thiocarbonyl (C=S) groups is 1. The summed E-state index contributed by atoms with van der Waals surface area (Å²) >= 11 is 16.1. The summed E-state index contributed by atoms with van der Waals surface area (Å²) in [4.78, 5) is 25.7. The molecular weight excluding hydrogens is 450 g/mol. The van der Waals surface area contributed by atoms with Gasteiger partial charge < -0.3 is 9.47 Å². The highest BCUT2D eigenvalue weighted by atomic mass is 79.9. The first kappa shape index (κ1) is 20.2. The van der Waals surface area contributed by atoms with Gasteiger partial charge in [-0.1, -0.05) is 35.6 Å². The zero-order chi connectivity index (χ0) is 18.6. The van der Waals surface area contributed by atoms with Crippen molar-refractivity contribution in [1.82, 2.24) is 4.90 Å². The maximum absolute atomic E-state index is 12.3. The number of thioether (sulfide) groups is 1. The quantitative estimate of drug-likeness (QED) is 0.356. The average Bonchev–Trinajstić information content (AvgIpc) is 2.80. The lowest BCUT2D eigenvalue weighted by molar-refractivity contribution is -0.145. The van der Waals surface area contributed by atoms with Crippen LogP contribution in [0.2, 0.25) is 5.02 Å². The molecule has 1 saturated heterocycles. The molecule has 1 amide bonds. The number of carbonyl (C=O) groups is 2. The Kier molecular flexibility index (Phi) is 7.30. The van der Waals surface area contributed by atoms with Crippen molar-refractivity contribution in [2.24, 2.45) is 0 Å². The van der Waals surface area contributed by atoms with Crippen LogP contribution in [0.15, 0.2) is 21.5 Å². The third-order valence-electron chi connectivity index (χ3n) is 3.15. The lowest BCUT2D eigenvalue weighted by Gasteiger charge is -2.11. The highest BCUT2D eigenvalue weighted by molar-refractivity contribution is 9.10. The molecular formula is C16H15BrClNO4S2. The minimum atomic E-state index is -0.474. The molecule has 134 valence electrons. The normalized spacial score (nSPS) is 15.8. The van der Waals surface area contributed by atoms with Gasteiger partial charge in [0.25, 0.3) is 5.91 Å². The van der Waals surface area contributed by atoms with Gasteiger partial charge in [0.15, 0.2) is 12.4 Å². The van der Waals surface area contributed by atoms with Crippen molar-refractivity contribution in [3.8, 4) is 5.75 Å². The molecule has 9 heteroatoms. The molecule has 1 fully saturated rings. The zero-order valence-corrected chi connectivity index (χ0v) is 17.5. The summed E-state index contributed by atoms with van der Waals surface area (Å²) in [6.45, 7) is 4.17. The number of likely N-dealkylation sites (N-methyl/N-ethyl adjacent to an activating group) is 1.